The molecule has 3 heteroatoms. The number of ketones is 1. The van der Waals surface area contributed by atoms with E-state index in [0.29, 0.717) is 18.8 Å². The molecule has 1 aromatic rings. The monoisotopic (exact) mass is 192 g/mol. The van der Waals surface area contributed by atoms with Gasteiger partial charge in [0.2, 0.25) is 0 Å². The maximum absolute atomic E-state index is 11.5. The fourth-order valence-corrected chi connectivity index (χ4v) is 1.34. The van der Waals surface area contributed by atoms with E-state index >= 15 is 0 Å². The molecule has 0 aromatic carbocycles. The normalized spacial score (nSPS) is 10.6. The van der Waals surface area contributed by atoms with Gasteiger partial charge in [-0.05, 0) is 18.9 Å². The predicted molar refractivity (Wildman–Crippen MR) is 54.9 cm³/mol. The van der Waals surface area contributed by atoms with Crippen molar-refractivity contribution in [3.8, 4) is 0 Å². The Morgan fingerprint density at radius 3 is 2.71 bits per heavy atom. The van der Waals surface area contributed by atoms with Gasteiger partial charge in [0, 0.05) is 18.5 Å². The van der Waals surface area contributed by atoms with Crippen molar-refractivity contribution < 1.29 is 4.79 Å². The fourth-order valence-electron chi connectivity index (χ4n) is 1.34. The summed E-state index contributed by atoms with van der Waals surface area (Å²) in [7, 11) is 0. The van der Waals surface area contributed by atoms with E-state index < -0.39 is 0 Å². The fraction of sp³-hybridized carbons (Fsp3) is 0.545. The summed E-state index contributed by atoms with van der Waals surface area (Å²) in [5, 5.41) is 0. The van der Waals surface area contributed by atoms with Crippen molar-refractivity contribution in [2.45, 2.75) is 33.6 Å². The van der Waals surface area contributed by atoms with Crippen molar-refractivity contribution in [3.05, 3.63) is 23.8 Å². The first-order valence-corrected chi connectivity index (χ1v) is 4.87. The molecule has 1 rings (SSSR count). The van der Waals surface area contributed by atoms with Crippen LogP contribution >= 0.6 is 0 Å². The molecule has 0 aliphatic rings. The van der Waals surface area contributed by atoms with Crippen molar-refractivity contribution in [3.63, 3.8) is 0 Å². The van der Waals surface area contributed by atoms with Gasteiger partial charge in [-0.1, -0.05) is 13.8 Å². The van der Waals surface area contributed by atoms with Crippen LogP contribution in [-0.4, -0.2) is 15.8 Å². The van der Waals surface area contributed by atoms with Crippen molar-refractivity contribution >= 4 is 5.78 Å². The summed E-state index contributed by atoms with van der Waals surface area (Å²) in [5.74, 6) is 0.670. The number of hydrogen-bond donors (Lipinski definition) is 0. The molecule has 0 atom stereocenters. The second kappa shape index (κ2) is 4.84. The summed E-state index contributed by atoms with van der Waals surface area (Å²) in [4.78, 5) is 19.5. The molecule has 0 aliphatic carbocycles. The minimum atomic E-state index is 0.248. The van der Waals surface area contributed by atoms with Gasteiger partial charge in [-0.25, -0.2) is 9.97 Å². The molecule has 0 radical (unpaired) electrons. The second-order valence-electron chi connectivity index (χ2n) is 3.96. The van der Waals surface area contributed by atoms with Gasteiger partial charge in [0.1, 0.15) is 12.1 Å². The molecular formula is C11H16N2O. The van der Waals surface area contributed by atoms with Crippen LogP contribution in [0.3, 0.4) is 0 Å². The lowest BCUT2D eigenvalue weighted by Gasteiger charge is -2.03. The highest BCUT2D eigenvalue weighted by Gasteiger charge is 2.07. The number of rotatable bonds is 4. The molecule has 0 N–H and O–H groups in total. The number of hydrogen-bond acceptors (Lipinski definition) is 3. The van der Waals surface area contributed by atoms with E-state index in [1.807, 2.05) is 26.8 Å². The van der Waals surface area contributed by atoms with Crippen molar-refractivity contribution in [1.29, 1.82) is 0 Å². The van der Waals surface area contributed by atoms with Gasteiger partial charge in [-0.2, -0.15) is 0 Å². The molecule has 0 fully saturated rings. The van der Waals surface area contributed by atoms with Crippen LogP contribution in [0.25, 0.3) is 0 Å². The number of Topliss-reactive ketones (excluding diaryl/α,β-unsaturated/α-hetero) is 1. The highest BCUT2D eigenvalue weighted by Crippen LogP contribution is 2.05. The first-order valence-electron chi connectivity index (χ1n) is 4.87. The summed E-state index contributed by atoms with van der Waals surface area (Å²) < 4.78 is 0. The van der Waals surface area contributed by atoms with E-state index in [9.17, 15) is 4.79 Å². The molecule has 0 bridgehead atoms. The van der Waals surface area contributed by atoms with Crippen LogP contribution in [0.5, 0.6) is 0 Å². The molecule has 0 saturated carbocycles. The third-order valence-electron chi connectivity index (χ3n) is 1.87. The van der Waals surface area contributed by atoms with E-state index in [-0.39, 0.29) is 5.78 Å². The first-order chi connectivity index (χ1) is 6.58. The third kappa shape index (κ3) is 3.64. The first kappa shape index (κ1) is 10.8. The van der Waals surface area contributed by atoms with Crippen LogP contribution in [0.2, 0.25) is 0 Å². The quantitative estimate of drug-likeness (QED) is 0.732. The van der Waals surface area contributed by atoms with E-state index in [0.717, 1.165) is 11.4 Å². The Kier molecular flexibility index (Phi) is 3.74. The predicted octanol–water partition coefficient (Wildman–Crippen LogP) is 1.94. The van der Waals surface area contributed by atoms with Crippen molar-refractivity contribution in [2.75, 3.05) is 0 Å². The van der Waals surface area contributed by atoms with Crippen LogP contribution in [0.4, 0.5) is 0 Å². The molecule has 0 aliphatic heterocycles. The Balaban J connectivity index is 2.56. The number of carbonyl (C=O) groups is 1. The zero-order valence-electron chi connectivity index (χ0n) is 8.95. The number of carbonyl (C=O) groups excluding carboxylic acids is 1. The van der Waals surface area contributed by atoms with Gasteiger partial charge in [0.05, 0.1) is 5.69 Å². The van der Waals surface area contributed by atoms with Crippen molar-refractivity contribution in [1.82, 2.24) is 9.97 Å². The van der Waals surface area contributed by atoms with Gasteiger partial charge in [-0.3, -0.25) is 4.79 Å². The zero-order chi connectivity index (χ0) is 10.6. The number of aryl methyl sites for hydroxylation is 1. The topological polar surface area (TPSA) is 42.9 Å². The van der Waals surface area contributed by atoms with Gasteiger partial charge in [0.25, 0.3) is 0 Å². The number of aromatic nitrogens is 2. The van der Waals surface area contributed by atoms with Crippen LogP contribution < -0.4 is 0 Å². The average Bonchev–Trinajstić information content (AvgIpc) is 2.01. The standard InChI is InChI=1S/C11H16N2O/c1-8(2)4-11(14)6-10-5-9(3)12-7-13-10/h5,7-8H,4,6H2,1-3H3. The minimum Gasteiger partial charge on any atom is -0.299 e. The van der Waals surface area contributed by atoms with E-state index in [1.165, 1.54) is 6.33 Å². The maximum atomic E-state index is 11.5. The van der Waals surface area contributed by atoms with Gasteiger partial charge >= 0.3 is 0 Å². The highest BCUT2D eigenvalue weighted by molar-refractivity contribution is 5.80. The largest absolute Gasteiger partial charge is 0.299 e. The molecule has 0 unspecified atom stereocenters. The Bertz CT molecular complexity index is 321. The van der Waals surface area contributed by atoms with Gasteiger partial charge < -0.3 is 0 Å². The summed E-state index contributed by atoms with van der Waals surface area (Å²) in [5.41, 5.74) is 1.73. The molecule has 1 heterocycles. The second-order valence-corrected chi connectivity index (χ2v) is 3.96. The SMILES string of the molecule is Cc1cc(CC(=O)CC(C)C)ncn1. The summed E-state index contributed by atoms with van der Waals surface area (Å²) in [6.45, 7) is 5.99. The molecule has 1 aromatic heterocycles. The van der Waals surface area contributed by atoms with Crippen molar-refractivity contribution in [2.24, 2.45) is 5.92 Å². The zero-order valence-corrected chi connectivity index (χ0v) is 8.95. The van der Waals surface area contributed by atoms with Crippen LogP contribution in [0.1, 0.15) is 31.7 Å². The summed E-state index contributed by atoms with van der Waals surface area (Å²) >= 11 is 0. The van der Waals surface area contributed by atoms with Gasteiger partial charge in [-0.15, -0.1) is 0 Å². The Hall–Kier alpha value is -1.25. The lowest BCUT2D eigenvalue weighted by Crippen LogP contribution is -2.07. The molecule has 0 saturated heterocycles. The highest BCUT2D eigenvalue weighted by atomic mass is 16.1. The van der Waals surface area contributed by atoms with Crippen LogP contribution in [-0.2, 0) is 11.2 Å². The van der Waals surface area contributed by atoms with Gasteiger partial charge in [0.15, 0.2) is 0 Å². The third-order valence-corrected chi connectivity index (χ3v) is 1.87. The summed E-state index contributed by atoms with van der Waals surface area (Å²) in [6.07, 6.45) is 2.57. The average molecular weight is 192 g/mol. The van der Waals surface area contributed by atoms with E-state index in [1.54, 1.807) is 0 Å². The Morgan fingerprint density at radius 1 is 1.43 bits per heavy atom. The van der Waals surface area contributed by atoms with Crippen LogP contribution in [0.15, 0.2) is 12.4 Å². The molecule has 0 amide bonds. The summed E-state index contributed by atoms with van der Waals surface area (Å²) in [6, 6.07) is 1.86. The Morgan fingerprint density at radius 2 is 2.14 bits per heavy atom. The lowest BCUT2D eigenvalue weighted by atomic mass is 10.0. The minimum absolute atomic E-state index is 0.248. The maximum Gasteiger partial charge on any atom is 0.139 e. The van der Waals surface area contributed by atoms with Crippen LogP contribution in [0, 0.1) is 12.8 Å². The molecule has 0 spiro atoms. The lowest BCUT2D eigenvalue weighted by molar-refractivity contribution is -0.119. The smallest absolute Gasteiger partial charge is 0.139 e. The molecular weight excluding hydrogens is 176 g/mol. The molecule has 3 nitrogen and oxygen atoms in total. The number of nitrogens with zero attached hydrogens (tertiary/aromatic N) is 2. The van der Waals surface area contributed by atoms with E-state index in [4.69, 9.17) is 0 Å². The molecule has 14 heavy (non-hydrogen) atoms. The molecule has 76 valence electrons. The van der Waals surface area contributed by atoms with E-state index in [2.05, 4.69) is 9.97 Å². The Labute approximate surface area is 84.6 Å².